The fourth-order valence-electron chi connectivity index (χ4n) is 2.82. The van der Waals surface area contributed by atoms with E-state index < -0.39 is 9.84 Å². The number of hydrogen-bond acceptors (Lipinski definition) is 2. The maximum Gasteiger partial charge on any atom is 0.175 e. The molecule has 0 radical (unpaired) electrons. The van der Waals surface area contributed by atoms with E-state index in [1.807, 2.05) is 32.9 Å². The molecular weight excluding hydrogens is 359 g/mol. The first kappa shape index (κ1) is 25.3. The number of hydrogen-bond donors (Lipinski definition) is 0. The van der Waals surface area contributed by atoms with Crippen molar-refractivity contribution < 1.29 is 12.8 Å². The lowest BCUT2D eigenvalue weighted by molar-refractivity contribution is 0.398. The van der Waals surface area contributed by atoms with Crippen LogP contribution < -0.4 is 0 Å². The molecule has 0 aromatic heterocycles. The highest BCUT2D eigenvalue weighted by atomic mass is 32.2. The van der Waals surface area contributed by atoms with Crippen LogP contribution in [0.15, 0.2) is 59.3 Å². The van der Waals surface area contributed by atoms with Gasteiger partial charge in [-0.25, -0.2) is 12.8 Å². The topological polar surface area (TPSA) is 34.1 Å². The maximum absolute atomic E-state index is 11.5. The molecular formula is C23H35FO2S. The molecule has 152 valence electrons. The molecule has 1 aliphatic carbocycles. The Hall–Kier alpha value is -1.68. The number of halogens is 1. The van der Waals surface area contributed by atoms with Gasteiger partial charge < -0.3 is 0 Å². The summed E-state index contributed by atoms with van der Waals surface area (Å²) in [5.74, 6) is -0.245. The molecule has 0 unspecified atom stereocenters. The summed E-state index contributed by atoms with van der Waals surface area (Å²) in [6, 6.07) is 7.21. The van der Waals surface area contributed by atoms with Gasteiger partial charge in [0.15, 0.2) is 9.84 Å². The molecule has 0 spiro atoms. The molecule has 1 aromatic rings. The highest BCUT2D eigenvalue weighted by molar-refractivity contribution is 7.90. The highest BCUT2D eigenvalue weighted by Gasteiger charge is 2.31. The van der Waals surface area contributed by atoms with E-state index in [2.05, 4.69) is 27.0 Å². The van der Waals surface area contributed by atoms with Gasteiger partial charge in [0.2, 0.25) is 0 Å². The molecule has 0 aliphatic heterocycles. The van der Waals surface area contributed by atoms with Crippen molar-refractivity contribution in [2.45, 2.75) is 65.7 Å². The molecule has 0 saturated carbocycles. The Balaban J connectivity index is 0.000000838. The molecule has 0 N–H and O–H groups in total. The van der Waals surface area contributed by atoms with Gasteiger partial charge in [-0.2, -0.15) is 0 Å². The third-order valence-electron chi connectivity index (χ3n) is 4.20. The summed E-state index contributed by atoms with van der Waals surface area (Å²) >= 11 is 0. The number of benzene rings is 1. The van der Waals surface area contributed by atoms with Crippen molar-refractivity contribution >= 4 is 15.4 Å². The van der Waals surface area contributed by atoms with Crippen LogP contribution >= 0.6 is 0 Å². The Bertz CT molecular complexity index is 782. The van der Waals surface area contributed by atoms with Gasteiger partial charge in [0, 0.05) is 6.26 Å². The van der Waals surface area contributed by atoms with Gasteiger partial charge in [0.25, 0.3) is 0 Å². The number of sulfone groups is 1. The second-order valence-electron chi connectivity index (χ2n) is 7.42. The minimum absolute atomic E-state index is 0.245. The van der Waals surface area contributed by atoms with Crippen LogP contribution in [-0.2, 0) is 9.84 Å². The number of rotatable bonds is 4. The van der Waals surface area contributed by atoms with Gasteiger partial charge in [0.1, 0.15) is 0 Å². The molecule has 1 aromatic carbocycles. The summed E-state index contributed by atoms with van der Waals surface area (Å²) in [5.41, 5.74) is 5.10. The Labute approximate surface area is 165 Å². The van der Waals surface area contributed by atoms with Crippen LogP contribution in [-0.4, -0.2) is 14.7 Å². The van der Waals surface area contributed by atoms with Crippen molar-refractivity contribution in [2.24, 2.45) is 5.41 Å². The SMILES string of the molecule is C=C(C)C1=C(c2ccc(S(C)(=O)=O)cc2)CC(C)(C)C1.C=C(F)CC.CC. The van der Waals surface area contributed by atoms with Crippen LogP contribution in [0.25, 0.3) is 5.57 Å². The number of allylic oxidation sites excluding steroid dienone is 4. The average Bonchev–Trinajstić information content (AvgIpc) is 2.92. The Morgan fingerprint density at radius 1 is 1.11 bits per heavy atom. The van der Waals surface area contributed by atoms with Crippen LogP contribution in [0.4, 0.5) is 4.39 Å². The zero-order valence-electron chi connectivity index (χ0n) is 17.9. The van der Waals surface area contributed by atoms with Crippen LogP contribution in [0.2, 0.25) is 0 Å². The van der Waals surface area contributed by atoms with Crippen molar-refractivity contribution in [1.82, 2.24) is 0 Å². The monoisotopic (exact) mass is 394 g/mol. The smallest absolute Gasteiger partial charge is 0.175 e. The molecule has 0 fully saturated rings. The van der Waals surface area contributed by atoms with Crippen LogP contribution in [0.1, 0.15) is 66.4 Å². The molecule has 0 heterocycles. The van der Waals surface area contributed by atoms with Gasteiger partial charge in [0.05, 0.1) is 10.7 Å². The van der Waals surface area contributed by atoms with Gasteiger partial charge in [-0.05, 0) is 60.4 Å². The Morgan fingerprint density at radius 3 is 1.89 bits per heavy atom. The molecule has 0 bridgehead atoms. The van der Waals surface area contributed by atoms with Gasteiger partial charge in [-0.3, -0.25) is 0 Å². The lowest BCUT2D eigenvalue weighted by Gasteiger charge is -2.17. The van der Waals surface area contributed by atoms with Gasteiger partial charge in [-0.15, -0.1) is 0 Å². The Morgan fingerprint density at radius 2 is 1.56 bits per heavy atom. The van der Waals surface area contributed by atoms with Crippen LogP contribution in [0.3, 0.4) is 0 Å². The molecule has 0 saturated heterocycles. The summed E-state index contributed by atoms with van der Waals surface area (Å²) in [4.78, 5) is 0.371. The summed E-state index contributed by atoms with van der Waals surface area (Å²) in [7, 11) is -3.13. The highest BCUT2D eigenvalue weighted by Crippen LogP contribution is 2.47. The van der Waals surface area contributed by atoms with E-state index in [1.54, 1.807) is 19.1 Å². The normalized spacial score (nSPS) is 15.3. The Kier molecular flexibility index (Phi) is 9.94. The first-order valence-corrected chi connectivity index (χ1v) is 11.3. The maximum atomic E-state index is 11.5. The second-order valence-corrected chi connectivity index (χ2v) is 9.44. The lowest BCUT2D eigenvalue weighted by atomic mass is 9.88. The lowest BCUT2D eigenvalue weighted by Crippen LogP contribution is -2.05. The van der Waals surface area contributed by atoms with Gasteiger partial charge in [-0.1, -0.05) is 65.5 Å². The van der Waals surface area contributed by atoms with Crippen molar-refractivity contribution in [3.05, 3.63) is 60.0 Å². The zero-order valence-corrected chi connectivity index (χ0v) is 18.8. The summed E-state index contributed by atoms with van der Waals surface area (Å²) in [6.45, 7) is 19.4. The standard InChI is InChI=1S/C17H22O2S.C4H7F.C2H6/c1-12(2)15-10-17(3,4)11-16(15)13-6-8-14(9-7-13)20(5,18)19;1-3-4(2)5;1-2/h6-9H,1,10-11H2,2-5H3;2-3H2,1H3;1-2H3. The third-order valence-corrected chi connectivity index (χ3v) is 5.33. The van der Waals surface area contributed by atoms with Crippen LogP contribution in [0.5, 0.6) is 0 Å². The third kappa shape index (κ3) is 8.25. The van der Waals surface area contributed by atoms with Crippen LogP contribution in [0, 0.1) is 5.41 Å². The van der Waals surface area contributed by atoms with Crippen molar-refractivity contribution in [2.75, 3.05) is 6.26 Å². The fraction of sp³-hybridized carbons (Fsp3) is 0.478. The summed E-state index contributed by atoms with van der Waals surface area (Å²) in [5, 5.41) is 0. The predicted molar refractivity (Wildman–Crippen MR) is 116 cm³/mol. The largest absolute Gasteiger partial charge is 0.224 e. The predicted octanol–water partition coefficient (Wildman–Crippen LogP) is 7.15. The molecule has 0 amide bonds. The summed E-state index contributed by atoms with van der Waals surface area (Å²) < 4.78 is 34.3. The molecule has 1 aliphatic rings. The minimum Gasteiger partial charge on any atom is -0.224 e. The van der Waals surface area contributed by atoms with Crippen molar-refractivity contribution in [3.63, 3.8) is 0 Å². The molecule has 2 nitrogen and oxygen atoms in total. The van der Waals surface area contributed by atoms with Crippen molar-refractivity contribution in [3.8, 4) is 0 Å². The van der Waals surface area contributed by atoms with E-state index in [1.165, 1.54) is 17.4 Å². The van der Waals surface area contributed by atoms with E-state index in [0.717, 1.165) is 24.0 Å². The first-order chi connectivity index (χ1) is 12.4. The summed E-state index contributed by atoms with van der Waals surface area (Å²) in [6.07, 6.45) is 3.72. The molecule has 27 heavy (non-hydrogen) atoms. The van der Waals surface area contributed by atoms with E-state index in [0.29, 0.717) is 11.3 Å². The molecule has 4 heteroatoms. The zero-order chi connectivity index (χ0) is 21.4. The van der Waals surface area contributed by atoms with E-state index in [-0.39, 0.29) is 11.2 Å². The van der Waals surface area contributed by atoms with Gasteiger partial charge >= 0.3 is 0 Å². The molecule has 0 atom stereocenters. The average molecular weight is 395 g/mol. The fourth-order valence-corrected chi connectivity index (χ4v) is 3.45. The van der Waals surface area contributed by atoms with E-state index in [4.69, 9.17) is 0 Å². The van der Waals surface area contributed by atoms with Crippen molar-refractivity contribution in [1.29, 1.82) is 0 Å². The van der Waals surface area contributed by atoms with E-state index >= 15 is 0 Å². The molecule has 2 rings (SSSR count). The quantitative estimate of drug-likeness (QED) is 0.543. The second kappa shape index (κ2) is 10.6. The minimum atomic E-state index is -3.13. The van der Waals surface area contributed by atoms with E-state index in [9.17, 15) is 12.8 Å². The first-order valence-electron chi connectivity index (χ1n) is 9.39.